The summed E-state index contributed by atoms with van der Waals surface area (Å²) >= 11 is 0. The number of fused-ring (bicyclic) bond motifs is 1. The van der Waals surface area contributed by atoms with E-state index in [4.69, 9.17) is 10.9 Å². The summed E-state index contributed by atoms with van der Waals surface area (Å²) in [6.07, 6.45) is 3.22. The van der Waals surface area contributed by atoms with Crippen molar-refractivity contribution in [2.24, 2.45) is 16.8 Å². The monoisotopic (exact) mass is 245 g/mol. The third-order valence-electron chi connectivity index (χ3n) is 3.12. The van der Waals surface area contributed by atoms with Crippen LogP contribution in [0.2, 0.25) is 0 Å². The van der Waals surface area contributed by atoms with Gasteiger partial charge in [0.2, 0.25) is 0 Å². The van der Waals surface area contributed by atoms with Crippen LogP contribution in [0.4, 0.5) is 0 Å². The second-order valence-electron chi connectivity index (χ2n) is 4.95. The molecule has 0 radical (unpaired) electrons. The molecule has 4 nitrogen and oxygen atoms in total. The molecule has 2 rings (SSSR count). The highest BCUT2D eigenvalue weighted by molar-refractivity contribution is 6.00. The summed E-state index contributed by atoms with van der Waals surface area (Å²) in [6.45, 7) is 5.42. The molecule has 0 saturated carbocycles. The SMILES string of the molecule is CC(C)CCn1ccc2ccc(/C(N)=N/O)cc21. The maximum absolute atomic E-state index is 8.71. The summed E-state index contributed by atoms with van der Waals surface area (Å²) in [5, 5.41) is 12.9. The zero-order valence-electron chi connectivity index (χ0n) is 10.8. The van der Waals surface area contributed by atoms with Crippen LogP contribution in [0.25, 0.3) is 10.9 Å². The second kappa shape index (κ2) is 5.12. The number of aryl methyl sites for hydroxylation is 1. The van der Waals surface area contributed by atoms with Crippen LogP contribution >= 0.6 is 0 Å². The molecule has 0 saturated heterocycles. The first-order valence-electron chi connectivity index (χ1n) is 6.18. The van der Waals surface area contributed by atoms with Gasteiger partial charge >= 0.3 is 0 Å². The van der Waals surface area contributed by atoms with Gasteiger partial charge in [-0.05, 0) is 29.9 Å². The minimum Gasteiger partial charge on any atom is -0.409 e. The molecule has 2 aromatic rings. The lowest BCUT2D eigenvalue weighted by Crippen LogP contribution is -2.13. The van der Waals surface area contributed by atoms with Crippen molar-refractivity contribution in [1.29, 1.82) is 0 Å². The van der Waals surface area contributed by atoms with E-state index in [0.717, 1.165) is 24.0 Å². The minimum atomic E-state index is 0.147. The Morgan fingerprint density at radius 3 is 2.83 bits per heavy atom. The van der Waals surface area contributed by atoms with Gasteiger partial charge < -0.3 is 15.5 Å². The van der Waals surface area contributed by atoms with Crippen LogP contribution < -0.4 is 5.73 Å². The predicted octanol–water partition coefficient (Wildman–Crippen LogP) is 2.78. The number of aromatic nitrogens is 1. The third kappa shape index (κ3) is 2.47. The predicted molar refractivity (Wildman–Crippen MR) is 73.9 cm³/mol. The van der Waals surface area contributed by atoms with Crippen molar-refractivity contribution in [3.8, 4) is 0 Å². The average molecular weight is 245 g/mol. The van der Waals surface area contributed by atoms with Gasteiger partial charge in [-0.15, -0.1) is 0 Å². The molecule has 1 aromatic carbocycles. The zero-order chi connectivity index (χ0) is 13.1. The van der Waals surface area contributed by atoms with Crippen molar-refractivity contribution in [2.75, 3.05) is 0 Å². The Balaban J connectivity index is 2.37. The molecule has 0 fully saturated rings. The molecule has 1 aromatic heterocycles. The number of hydrogen-bond donors (Lipinski definition) is 2. The summed E-state index contributed by atoms with van der Waals surface area (Å²) in [5.41, 5.74) is 7.49. The highest BCUT2D eigenvalue weighted by atomic mass is 16.4. The molecule has 18 heavy (non-hydrogen) atoms. The normalized spacial score (nSPS) is 12.5. The fraction of sp³-hybridized carbons (Fsp3) is 0.357. The standard InChI is InChI=1S/C14H19N3O/c1-10(2)5-7-17-8-6-11-3-4-12(9-13(11)17)14(15)16-18/h3-4,6,8-10,18H,5,7H2,1-2H3,(H2,15,16). The number of hydrogen-bond acceptors (Lipinski definition) is 2. The topological polar surface area (TPSA) is 63.5 Å². The van der Waals surface area contributed by atoms with Gasteiger partial charge in [0.1, 0.15) is 0 Å². The van der Waals surface area contributed by atoms with Crippen molar-refractivity contribution in [1.82, 2.24) is 4.57 Å². The molecule has 4 heteroatoms. The van der Waals surface area contributed by atoms with Crippen molar-refractivity contribution < 1.29 is 5.21 Å². The molecule has 96 valence electrons. The Morgan fingerprint density at radius 2 is 2.17 bits per heavy atom. The molecule has 0 amide bonds. The third-order valence-corrected chi connectivity index (χ3v) is 3.12. The quantitative estimate of drug-likeness (QED) is 0.376. The van der Waals surface area contributed by atoms with E-state index >= 15 is 0 Å². The van der Waals surface area contributed by atoms with Gasteiger partial charge in [-0.3, -0.25) is 0 Å². The molecular formula is C14H19N3O. The molecule has 3 N–H and O–H groups in total. The van der Waals surface area contributed by atoms with Crippen LogP contribution in [0.1, 0.15) is 25.8 Å². The van der Waals surface area contributed by atoms with Gasteiger partial charge in [-0.25, -0.2) is 0 Å². The highest BCUT2D eigenvalue weighted by Gasteiger charge is 2.05. The summed E-state index contributed by atoms with van der Waals surface area (Å²) in [4.78, 5) is 0. The number of nitrogens with two attached hydrogens (primary N) is 1. The van der Waals surface area contributed by atoms with Crippen LogP contribution in [0, 0.1) is 5.92 Å². The van der Waals surface area contributed by atoms with Gasteiger partial charge in [0.25, 0.3) is 0 Å². The summed E-state index contributed by atoms with van der Waals surface area (Å²) in [6, 6.07) is 7.91. The minimum absolute atomic E-state index is 0.147. The number of oxime groups is 1. The van der Waals surface area contributed by atoms with Gasteiger partial charge in [0.15, 0.2) is 5.84 Å². The van der Waals surface area contributed by atoms with Crippen molar-refractivity contribution in [3.63, 3.8) is 0 Å². The summed E-state index contributed by atoms with van der Waals surface area (Å²) < 4.78 is 2.21. The molecular weight excluding hydrogens is 226 g/mol. The first-order valence-corrected chi connectivity index (χ1v) is 6.18. The zero-order valence-corrected chi connectivity index (χ0v) is 10.8. The van der Waals surface area contributed by atoms with E-state index in [9.17, 15) is 0 Å². The lowest BCUT2D eigenvalue weighted by atomic mass is 10.1. The van der Waals surface area contributed by atoms with Crippen molar-refractivity contribution in [2.45, 2.75) is 26.8 Å². The van der Waals surface area contributed by atoms with Gasteiger partial charge in [-0.2, -0.15) is 0 Å². The average Bonchev–Trinajstić information content (AvgIpc) is 2.77. The molecule has 0 aliphatic rings. The van der Waals surface area contributed by atoms with E-state index < -0.39 is 0 Å². The number of nitrogens with zero attached hydrogens (tertiary/aromatic N) is 2. The Labute approximate surface area is 107 Å². The van der Waals surface area contributed by atoms with Crippen LogP contribution in [-0.4, -0.2) is 15.6 Å². The summed E-state index contributed by atoms with van der Waals surface area (Å²) in [5.74, 6) is 0.822. The maximum atomic E-state index is 8.71. The Bertz CT molecular complexity index is 569. The molecule has 0 unspecified atom stereocenters. The van der Waals surface area contributed by atoms with Gasteiger partial charge in [-0.1, -0.05) is 31.1 Å². The number of rotatable bonds is 4. The Kier molecular flexibility index (Phi) is 3.55. The van der Waals surface area contributed by atoms with E-state index in [1.54, 1.807) is 0 Å². The lowest BCUT2D eigenvalue weighted by Gasteiger charge is -2.08. The van der Waals surface area contributed by atoms with Crippen LogP contribution in [0.5, 0.6) is 0 Å². The van der Waals surface area contributed by atoms with E-state index in [2.05, 4.69) is 35.8 Å². The van der Waals surface area contributed by atoms with Gasteiger partial charge in [0.05, 0.1) is 0 Å². The summed E-state index contributed by atoms with van der Waals surface area (Å²) in [7, 11) is 0. The molecule has 0 bridgehead atoms. The first kappa shape index (κ1) is 12.5. The Morgan fingerprint density at radius 1 is 1.39 bits per heavy atom. The number of benzene rings is 1. The molecule has 0 spiro atoms. The fourth-order valence-corrected chi connectivity index (χ4v) is 1.99. The number of amidine groups is 1. The van der Waals surface area contributed by atoms with Crippen LogP contribution in [0.3, 0.4) is 0 Å². The van der Waals surface area contributed by atoms with E-state index in [1.165, 1.54) is 5.39 Å². The van der Waals surface area contributed by atoms with Gasteiger partial charge in [0, 0.05) is 23.8 Å². The maximum Gasteiger partial charge on any atom is 0.170 e. The molecule has 0 atom stereocenters. The van der Waals surface area contributed by atoms with Crippen LogP contribution in [-0.2, 0) is 6.54 Å². The van der Waals surface area contributed by atoms with E-state index in [-0.39, 0.29) is 5.84 Å². The molecule has 0 aliphatic carbocycles. The van der Waals surface area contributed by atoms with Crippen molar-refractivity contribution in [3.05, 3.63) is 36.0 Å². The van der Waals surface area contributed by atoms with Crippen LogP contribution in [0.15, 0.2) is 35.6 Å². The van der Waals surface area contributed by atoms with Crippen molar-refractivity contribution >= 4 is 16.7 Å². The Hall–Kier alpha value is -1.97. The smallest absolute Gasteiger partial charge is 0.170 e. The fourth-order valence-electron chi connectivity index (χ4n) is 1.99. The second-order valence-corrected chi connectivity index (χ2v) is 4.95. The molecule has 1 heterocycles. The largest absolute Gasteiger partial charge is 0.409 e. The first-order chi connectivity index (χ1) is 8.61. The molecule has 0 aliphatic heterocycles. The van der Waals surface area contributed by atoms with E-state index in [0.29, 0.717) is 5.92 Å². The highest BCUT2D eigenvalue weighted by Crippen LogP contribution is 2.19. The lowest BCUT2D eigenvalue weighted by molar-refractivity contribution is 0.318. The van der Waals surface area contributed by atoms with E-state index in [1.807, 2.05) is 18.2 Å².